The van der Waals surface area contributed by atoms with Gasteiger partial charge in [-0.3, -0.25) is 18.7 Å². The van der Waals surface area contributed by atoms with Crippen LogP contribution in [0.15, 0.2) is 49.8 Å². The number of halogens is 1. The van der Waals surface area contributed by atoms with Gasteiger partial charge in [-0.1, -0.05) is 28.1 Å². The highest BCUT2D eigenvalue weighted by Gasteiger charge is 2.15. The molecule has 1 aromatic carbocycles. The average Bonchev–Trinajstić information content (AvgIpc) is 3.02. The largest absolute Gasteiger partial charge is 0.332 e. The van der Waals surface area contributed by atoms with Crippen molar-refractivity contribution in [1.29, 1.82) is 0 Å². The number of hydrogen-bond donors (Lipinski definition) is 1. The Balaban J connectivity index is 1.80. The number of benzene rings is 1. The van der Waals surface area contributed by atoms with Crippen LogP contribution in [0.5, 0.6) is 0 Å². The van der Waals surface area contributed by atoms with E-state index in [4.69, 9.17) is 0 Å². The molecule has 26 heavy (non-hydrogen) atoms. The molecule has 0 spiro atoms. The van der Waals surface area contributed by atoms with Crippen molar-refractivity contribution in [2.24, 2.45) is 19.2 Å². The fourth-order valence-electron chi connectivity index (χ4n) is 2.47. The first-order valence-electron chi connectivity index (χ1n) is 7.57. The number of rotatable bonds is 4. The van der Waals surface area contributed by atoms with Crippen molar-refractivity contribution >= 4 is 39.2 Å². The van der Waals surface area contributed by atoms with Gasteiger partial charge in [-0.2, -0.15) is 5.10 Å². The molecule has 134 valence electrons. The van der Waals surface area contributed by atoms with Crippen LogP contribution in [-0.4, -0.2) is 30.8 Å². The molecule has 0 radical (unpaired) electrons. The van der Waals surface area contributed by atoms with Crippen molar-refractivity contribution in [3.63, 3.8) is 0 Å². The van der Waals surface area contributed by atoms with E-state index in [2.05, 4.69) is 31.4 Å². The number of amides is 1. The number of nitrogens with zero attached hydrogens (tertiary/aromatic N) is 5. The first-order chi connectivity index (χ1) is 12.4. The molecule has 2 aromatic heterocycles. The highest BCUT2D eigenvalue weighted by Crippen LogP contribution is 2.09. The van der Waals surface area contributed by atoms with E-state index in [-0.39, 0.29) is 17.7 Å². The maximum absolute atomic E-state index is 12.3. The van der Waals surface area contributed by atoms with E-state index < -0.39 is 17.2 Å². The van der Waals surface area contributed by atoms with E-state index in [1.807, 2.05) is 24.3 Å². The van der Waals surface area contributed by atoms with Crippen molar-refractivity contribution < 1.29 is 4.79 Å². The molecular weight excluding hydrogens is 404 g/mol. The maximum Gasteiger partial charge on any atom is 0.332 e. The van der Waals surface area contributed by atoms with Gasteiger partial charge < -0.3 is 4.57 Å². The summed E-state index contributed by atoms with van der Waals surface area (Å²) in [5.41, 5.74) is 2.64. The molecule has 3 rings (SSSR count). The molecule has 0 fully saturated rings. The van der Waals surface area contributed by atoms with Gasteiger partial charge in [-0.25, -0.2) is 15.2 Å². The van der Waals surface area contributed by atoms with Crippen LogP contribution >= 0.6 is 15.9 Å². The third kappa shape index (κ3) is 3.36. The zero-order valence-electron chi connectivity index (χ0n) is 14.0. The number of carbonyl (C=O) groups is 1. The molecule has 0 aliphatic heterocycles. The zero-order chi connectivity index (χ0) is 18.8. The summed E-state index contributed by atoms with van der Waals surface area (Å²) < 4.78 is 4.53. The fourth-order valence-corrected chi connectivity index (χ4v) is 2.89. The molecule has 1 N–H and O–H groups in total. The van der Waals surface area contributed by atoms with Crippen molar-refractivity contribution in [3.05, 3.63) is 61.5 Å². The Morgan fingerprint density at radius 2 is 2.08 bits per heavy atom. The summed E-state index contributed by atoms with van der Waals surface area (Å²) in [6, 6.07) is 7.43. The number of nitrogens with one attached hydrogen (secondary N) is 1. The number of carbonyl (C=O) groups excluding carboxylic acids is 1. The van der Waals surface area contributed by atoms with E-state index in [1.54, 1.807) is 0 Å². The molecule has 0 saturated carbocycles. The van der Waals surface area contributed by atoms with Crippen LogP contribution in [0.3, 0.4) is 0 Å². The summed E-state index contributed by atoms with van der Waals surface area (Å²) in [6.45, 7) is -0.153. The Morgan fingerprint density at radius 3 is 2.81 bits per heavy atom. The molecule has 3 aromatic rings. The molecule has 0 aliphatic rings. The predicted octanol–water partition coefficient (Wildman–Crippen LogP) is 0.347. The van der Waals surface area contributed by atoms with Crippen molar-refractivity contribution in [1.82, 2.24) is 24.1 Å². The Hall–Kier alpha value is -3.01. The van der Waals surface area contributed by atoms with E-state index >= 15 is 0 Å². The molecule has 10 heteroatoms. The van der Waals surface area contributed by atoms with Crippen LogP contribution in [0.1, 0.15) is 5.56 Å². The van der Waals surface area contributed by atoms with Crippen molar-refractivity contribution in [2.75, 3.05) is 0 Å². The normalized spacial score (nSPS) is 11.3. The summed E-state index contributed by atoms with van der Waals surface area (Å²) >= 11 is 3.35. The second-order valence-electron chi connectivity index (χ2n) is 5.60. The zero-order valence-corrected chi connectivity index (χ0v) is 15.6. The van der Waals surface area contributed by atoms with Crippen LogP contribution in [-0.2, 0) is 25.4 Å². The molecule has 0 bridgehead atoms. The molecule has 1 amide bonds. The van der Waals surface area contributed by atoms with Gasteiger partial charge >= 0.3 is 5.69 Å². The third-order valence-corrected chi connectivity index (χ3v) is 4.28. The Labute approximate surface area is 155 Å². The topological polar surface area (TPSA) is 103 Å². The number of hydrazone groups is 1. The summed E-state index contributed by atoms with van der Waals surface area (Å²) in [6.07, 6.45) is 2.86. The number of hydrogen-bond acceptors (Lipinski definition) is 5. The SMILES string of the molecule is Cn1c(=O)c2c(ncn2CC(=O)N/N=C\c2cccc(Br)c2)n(C)c1=O. The van der Waals surface area contributed by atoms with Crippen molar-refractivity contribution in [2.45, 2.75) is 6.54 Å². The smallest absolute Gasteiger partial charge is 0.315 e. The van der Waals surface area contributed by atoms with Crippen molar-refractivity contribution in [3.8, 4) is 0 Å². The average molecular weight is 419 g/mol. The lowest BCUT2D eigenvalue weighted by molar-refractivity contribution is -0.121. The third-order valence-electron chi connectivity index (χ3n) is 3.78. The molecule has 0 saturated heterocycles. The fraction of sp³-hybridized carbons (Fsp3) is 0.188. The van der Waals surface area contributed by atoms with Crippen LogP contribution < -0.4 is 16.7 Å². The number of aryl methyl sites for hydroxylation is 1. The minimum Gasteiger partial charge on any atom is -0.315 e. The summed E-state index contributed by atoms with van der Waals surface area (Å²) in [5.74, 6) is -0.425. The van der Waals surface area contributed by atoms with Crippen LogP contribution in [0.4, 0.5) is 0 Å². The molecular formula is C16H15BrN6O3. The summed E-state index contributed by atoms with van der Waals surface area (Å²) in [4.78, 5) is 40.4. The van der Waals surface area contributed by atoms with Crippen LogP contribution in [0, 0.1) is 0 Å². The minimum atomic E-state index is -0.508. The quantitative estimate of drug-likeness (QED) is 0.487. The first-order valence-corrected chi connectivity index (χ1v) is 8.36. The minimum absolute atomic E-state index is 0.153. The van der Waals surface area contributed by atoms with Crippen LogP contribution in [0.25, 0.3) is 11.2 Å². The number of imidazole rings is 1. The first kappa shape index (κ1) is 17.8. The Kier molecular flexibility index (Phi) is 4.85. The van der Waals surface area contributed by atoms with Gasteiger partial charge in [0, 0.05) is 18.6 Å². The van der Waals surface area contributed by atoms with Crippen LogP contribution in [0.2, 0.25) is 0 Å². The van der Waals surface area contributed by atoms with Gasteiger partial charge in [0.25, 0.3) is 11.5 Å². The van der Waals surface area contributed by atoms with E-state index in [0.29, 0.717) is 0 Å². The number of aromatic nitrogens is 4. The predicted molar refractivity (Wildman–Crippen MR) is 100 cm³/mol. The van der Waals surface area contributed by atoms with E-state index in [9.17, 15) is 14.4 Å². The van der Waals surface area contributed by atoms with Gasteiger partial charge in [0.15, 0.2) is 11.2 Å². The monoisotopic (exact) mass is 418 g/mol. The Bertz CT molecular complexity index is 1140. The second kappa shape index (κ2) is 7.08. The van der Waals surface area contributed by atoms with Gasteiger partial charge in [-0.15, -0.1) is 0 Å². The summed E-state index contributed by atoms with van der Waals surface area (Å²) in [7, 11) is 2.90. The second-order valence-corrected chi connectivity index (χ2v) is 6.51. The highest BCUT2D eigenvalue weighted by atomic mass is 79.9. The standard InChI is InChI=1S/C16H15BrN6O3/c1-21-14-13(15(25)22(2)16(21)26)23(9-18-14)8-12(24)20-19-7-10-4-3-5-11(17)6-10/h3-7,9H,8H2,1-2H3,(H,20,24)/b19-7-. The lowest BCUT2D eigenvalue weighted by atomic mass is 10.2. The lowest BCUT2D eigenvalue weighted by Crippen LogP contribution is -2.38. The molecule has 0 unspecified atom stereocenters. The van der Waals surface area contributed by atoms with E-state index in [1.165, 1.54) is 35.8 Å². The Morgan fingerprint density at radius 1 is 1.31 bits per heavy atom. The van der Waals surface area contributed by atoms with Gasteiger partial charge in [0.1, 0.15) is 6.54 Å². The number of fused-ring (bicyclic) bond motifs is 1. The molecule has 2 heterocycles. The van der Waals surface area contributed by atoms with E-state index in [0.717, 1.165) is 14.6 Å². The van der Waals surface area contributed by atoms with Gasteiger partial charge in [-0.05, 0) is 17.7 Å². The molecule has 9 nitrogen and oxygen atoms in total. The molecule has 0 atom stereocenters. The molecule has 0 aliphatic carbocycles. The maximum atomic E-state index is 12.3. The van der Waals surface area contributed by atoms with Gasteiger partial charge in [0.2, 0.25) is 0 Å². The van der Waals surface area contributed by atoms with Gasteiger partial charge in [0.05, 0.1) is 12.5 Å². The lowest BCUT2D eigenvalue weighted by Gasteiger charge is -2.06. The highest BCUT2D eigenvalue weighted by molar-refractivity contribution is 9.10. The summed E-state index contributed by atoms with van der Waals surface area (Å²) in [5, 5.41) is 3.90.